The highest BCUT2D eigenvalue weighted by atomic mass is 16.1. The second kappa shape index (κ2) is 7.03. The molecule has 5 heteroatoms. The van der Waals surface area contributed by atoms with Gasteiger partial charge in [0.2, 0.25) is 11.6 Å². The molecule has 0 bridgehead atoms. The van der Waals surface area contributed by atoms with E-state index in [0.29, 0.717) is 5.56 Å². The number of fused-ring (bicyclic) bond motifs is 1. The Morgan fingerprint density at radius 1 is 0.846 bits per heavy atom. The lowest BCUT2D eigenvalue weighted by Crippen LogP contribution is -2.24. The van der Waals surface area contributed by atoms with Crippen LogP contribution in [-0.4, -0.2) is 21.2 Å². The minimum Gasteiger partial charge on any atom is -0.285 e. The molecule has 0 aliphatic carbocycles. The Balaban J connectivity index is 1.80. The number of nitrogens with one attached hydrogen (secondary N) is 1. The van der Waals surface area contributed by atoms with Crippen LogP contribution < -0.4 is 5.43 Å². The highest BCUT2D eigenvalue weighted by Gasteiger charge is 2.18. The first-order valence-electron chi connectivity index (χ1n) is 8.24. The average molecular weight is 340 g/mol. The Labute approximate surface area is 150 Å². The smallest absolute Gasteiger partial charge is 0.230 e. The Morgan fingerprint density at radius 3 is 2.27 bits per heavy atom. The zero-order chi connectivity index (χ0) is 17.8. The Kier molecular flexibility index (Phi) is 4.26. The number of hydrogen-bond donors (Lipinski definition) is 1. The van der Waals surface area contributed by atoms with Crippen LogP contribution in [0.15, 0.2) is 96.4 Å². The fraction of sp³-hybridized carbons (Fsp3) is 0. The molecule has 4 rings (SSSR count). The fourth-order valence-electron chi connectivity index (χ4n) is 2.69. The van der Waals surface area contributed by atoms with Crippen LogP contribution in [0.3, 0.4) is 0 Å². The maximum atomic E-state index is 13.1. The standard InChI is InChI=1S/C21H16N4O/c26-20(16-9-3-1-4-10-16)21(24-23-17-11-5-2-6-12-17)25-15-22-18-13-7-8-14-19(18)25/h1-15,23H/b24-21+. The molecular formula is C21H16N4O. The van der Waals surface area contributed by atoms with Gasteiger partial charge in [0.1, 0.15) is 6.33 Å². The molecule has 1 aromatic heterocycles. The highest BCUT2D eigenvalue weighted by molar-refractivity contribution is 6.46. The van der Waals surface area contributed by atoms with E-state index in [1.54, 1.807) is 23.0 Å². The Bertz CT molecular complexity index is 1070. The van der Waals surface area contributed by atoms with Gasteiger partial charge in [-0.15, -0.1) is 0 Å². The SMILES string of the molecule is O=C(/C(=N\Nc1ccccc1)n1cnc2ccccc21)c1ccccc1. The first-order chi connectivity index (χ1) is 12.8. The number of ketones is 1. The molecule has 0 fully saturated rings. The van der Waals surface area contributed by atoms with Crippen LogP contribution in [0.25, 0.3) is 11.0 Å². The minimum absolute atomic E-state index is 0.183. The molecule has 126 valence electrons. The summed E-state index contributed by atoms with van der Waals surface area (Å²) in [7, 11) is 0. The van der Waals surface area contributed by atoms with Crippen LogP contribution in [0.1, 0.15) is 10.4 Å². The van der Waals surface area contributed by atoms with Gasteiger partial charge in [-0.25, -0.2) is 4.98 Å². The second-order valence-electron chi connectivity index (χ2n) is 5.71. The van der Waals surface area contributed by atoms with Gasteiger partial charge in [-0.1, -0.05) is 60.7 Å². The van der Waals surface area contributed by atoms with Crippen molar-refractivity contribution in [3.8, 4) is 0 Å². The first-order valence-corrected chi connectivity index (χ1v) is 8.24. The molecule has 3 aromatic carbocycles. The van der Waals surface area contributed by atoms with E-state index in [1.165, 1.54) is 0 Å². The van der Waals surface area contributed by atoms with Crippen molar-refractivity contribution in [2.24, 2.45) is 5.10 Å². The summed E-state index contributed by atoms with van der Waals surface area (Å²) in [5.74, 6) is 0.0749. The molecule has 0 aliphatic rings. The monoisotopic (exact) mass is 340 g/mol. The minimum atomic E-state index is -0.183. The summed E-state index contributed by atoms with van der Waals surface area (Å²) in [4.78, 5) is 17.5. The van der Waals surface area contributed by atoms with Gasteiger partial charge in [0.05, 0.1) is 16.7 Å². The van der Waals surface area contributed by atoms with Crippen LogP contribution in [0.4, 0.5) is 5.69 Å². The van der Waals surface area contributed by atoms with E-state index in [1.807, 2.05) is 72.8 Å². The zero-order valence-electron chi connectivity index (χ0n) is 13.9. The summed E-state index contributed by atoms with van der Waals surface area (Å²) in [6, 6.07) is 26.3. The van der Waals surface area contributed by atoms with Crippen molar-refractivity contribution in [1.29, 1.82) is 0 Å². The van der Waals surface area contributed by atoms with E-state index < -0.39 is 0 Å². The fourth-order valence-corrected chi connectivity index (χ4v) is 2.69. The lowest BCUT2D eigenvalue weighted by molar-refractivity contribution is 0.106. The van der Waals surface area contributed by atoms with E-state index in [4.69, 9.17) is 0 Å². The number of carbonyl (C=O) groups excluding carboxylic acids is 1. The highest BCUT2D eigenvalue weighted by Crippen LogP contribution is 2.14. The molecule has 0 aliphatic heterocycles. The zero-order valence-corrected chi connectivity index (χ0v) is 13.9. The Morgan fingerprint density at radius 2 is 1.50 bits per heavy atom. The number of nitrogens with zero attached hydrogens (tertiary/aromatic N) is 3. The van der Waals surface area contributed by atoms with Crippen LogP contribution in [0.5, 0.6) is 0 Å². The van der Waals surface area contributed by atoms with Crippen molar-refractivity contribution < 1.29 is 4.79 Å². The van der Waals surface area contributed by atoms with Crippen LogP contribution in [0, 0.1) is 0 Å². The predicted molar refractivity (Wildman–Crippen MR) is 103 cm³/mol. The molecule has 0 unspecified atom stereocenters. The Hall–Kier alpha value is -3.73. The second-order valence-corrected chi connectivity index (χ2v) is 5.71. The van der Waals surface area contributed by atoms with E-state index in [-0.39, 0.29) is 11.6 Å². The normalized spacial score (nSPS) is 11.5. The van der Waals surface area contributed by atoms with Crippen molar-refractivity contribution in [3.05, 3.63) is 96.8 Å². The van der Waals surface area contributed by atoms with Gasteiger partial charge in [-0.3, -0.25) is 14.8 Å². The molecule has 0 atom stereocenters. The summed E-state index contributed by atoms with van der Waals surface area (Å²) in [6.45, 7) is 0. The van der Waals surface area contributed by atoms with E-state index in [0.717, 1.165) is 16.7 Å². The van der Waals surface area contributed by atoms with Gasteiger partial charge in [0.25, 0.3) is 0 Å². The molecular weight excluding hydrogens is 324 g/mol. The number of benzene rings is 3. The van der Waals surface area contributed by atoms with Crippen LogP contribution in [0.2, 0.25) is 0 Å². The molecule has 1 N–H and O–H groups in total. The molecule has 0 radical (unpaired) electrons. The number of para-hydroxylation sites is 3. The predicted octanol–water partition coefficient (Wildman–Crippen LogP) is 4.19. The third-order valence-corrected chi connectivity index (χ3v) is 3.99. The van der Waals surface area contributed by atoms with Gasteiger partial charge >= 0.3 is 0 Å². The van der Waals surface area contributed by atoms with E-state index in [9.17, 15) is 4.79 Å². The lowest BCUT2D eigenvalue weighted by Gasteiger charge is -2.09. The average Bonchev–Trinajstić information content (AvgIpc) is 3.13. The van der Waals surface area contributed by atoms with Gasteiger partial charge in [0.15, 0.2) is 0 Å². The first kappa shape index (κ1) is 15.8. The molecule has 26 heavy (non-hydrogen) atoms. The van der Waals surface area contributed by atoms with Crippen molar-refractivity contribution >= 4 is 28.3 Å². The molecule has 0 saturated heterocycles. The van der Waals surface area contributed by atoms with Gasteiger partial charge in [0, 0.05) is 5.56 Å². The molecule has 1 heterocycles. The topological polar surface area (TPSA) is 59.3 Å². The summed E-state index contributed by atoms with van der Waals surface area (Å²) in [5, 5.41) is 4.40. The number of hydrogen-bond acceptors (Lipinski definition) is 4. The summed E-state index contributed by atoms with van der Waals surface area (Å²) >= 11 is 0. The number of imidazole rings is 1. The van der Waals surface area contributed by atoms with Crippen molar-refractivity contribution in [1.82, 2.24) is 9.55 Å². The van der Waals surface area contributed by atoms with Gasteiger partial charge < -0.3 is 0 Å². The number of Topliss-reactive ketones (excluding diaryl/α,β-unsaturated/α-hetero) is 1. The number of carbonyl (C=O) groups is 1. The maximum Gasteiger partial charge on any atom is 0.230 e. The summed E-state index contributed by atoms with van der Waals surface area (Å²) in [5.41, 5.74) is 5.97. The summed E-state index contributed by atoms with van der Waals surface area (Å²) < 4.78 is 1.71. The summed E-state index contributed by atoms with van der Waals surface area (Å²) in [6.07, 6.45) is 1.62. The van der Waals surface area contributed by atoms with Gasteiger partial charge in [-0.2, -0.15) is 5.10 Å². The third-order valence-electron chi connectivity index (χ3n) is 3.99. The molecule has 4 aromatic rings. The third kappa shape index (κ3) is 3.10. The largest absolute Gasteiger partial charge is 0.285 e. The lowest BCUT2D eigenvalue weighted by atomic mass is 10.1. The number of anilines is 1. The van der Waals surface area contributed by atoms with E-state index >= 15 is 0 Å². The number of hydrazone groups is 1. The molecule has 5 nitrogen and oxygen atoms in total. The van der Waals surface area contributed by atoms with Crippen molar-refractivity contribution in [2.75, 3.05) is 5.43 Å². The van der Waals surface area contributed by atoms with E-state index in [2.05, 4.69) is 15.5 Å². The molecule has 0 spiro atoms. The van der Waals surface area contributed by atoms with Crippen molar-refractivity contribution in [3.63, 3.8) is 0 Å². The molecule has 0 amide bonds. The number of rotatable bonds is 4. The van der Waals surface area contributed by atoms with Crippen LogP contribution >= 0.6 is 0 Å². The quantitative estimate of drug-likeness (QED) is 0.262. The van der Waals surface area contributed by atoms with Crippen molar-refractivity contribution in [2.45, 2.75) is 0 Å². The molecule has 0 saturated carbocycles. The maximum absolute atomic E-state index is 13.1. The number of aromatic nitrogens is 2. The van der Waals surface area contributed by atoms with Crippen LogP contribution in [-0.2, 0) is 0 Å². The van der Waals surface area contributed by atoms with Gasteiger partial charge in [-0.05, 0) is 24.3 Å².